The number of nitrogens with zero attached hydrogens (tertiary/aromatic N) is 2. The van der Waals surface area contributed by atoms with Crippen LogP contribution in [0.25, 0.3) is 0 Å². The van der Waals surface area contributed by atoms with Crippen molar-refractivity contribution in [3.05, 3.63) is 0 Å². The average Bonchev–Trinajstić information content (AvgIpc) is 2.29. The topological polar surface area (TPSA) is 6.48 Å². The van der Waals surface area contributed by atoms with Gasteiger partial charge in [-0.05, 0) is 37.6 Å². The summed E-state index contributed by atoms with van der Waals surface area (Å²) >= 11 is 0. The van der Waals surface area contributed by atoms with Crippen LogP contribution in [0.3, 0.4) is 0 Å². The van der Waals surface area contributed by atoms with Gasteiger partial charge < -0.3 is 4.90 Å². The first-order valence-corrected chi connectivity index (χ1v) is 7.99. The Balaban J connectivity index is 2.31. The van der Waals surface area contributed by atoms with Crippen molar-refractivity contribution in [2.24, 2.45) is 11.8 Å². The van der Waals surface area contributed by atoms with Crippen LogP contribution in [-0.2, 0) is 0 Å². The van der Waals surface area contributed by atoms with Crippen molar-refractivity contribution in [1.29, 1.82) is 0 Å². The molecule has 2 nitrogen and oxygen atoms in total. The summed E-state index contributed by atoms with van der Waals surface area (Å²) in [5.74, 6) is 1.65. The molecule has 1 heterocycles. The Morgan fingerprint density at radius 3 is 2.33 bits per heavy atom. The van der Waals surface area contributed by atoms with E-state index in [0.29, 0.717) is 0 Å². The smallest absolute Gasteiger partial charge is 0.0221 e. The SMILES string of the molecule is CC[C@@H]1CN(CCCC(C)C)CCN1CC(C)C. The van der Waals surface area contributed by atoms with E-state index in [1.807, 2.05) is 0 Å². The highest BCUT2D eigenvalue weighted by molar-refractivity contribution is 4.81. The molecule has 0 spiro atoms. The van der Waals surface area contributed by atoms with Gasteiger partial charge in [0.05, 0.1) is 0 Å². The minimum absolute atomic E-state index is 0.792. The molecule has 1 aliphatic rings. The van der Waals surface area contributed by atoms with Crippen LogP contribution in [0.1, 0.15) is 53.9 Å². The monoisotopic (exact) mass is 254 g/mol. The first-order valence-electron chi connectivity index (χ1n) is 7.99. The number of piperazine rings is 1. The summed E-state index contributed by atoms with van der Waals surface area (Å²) in [6.45, 7) is 18.1. The van der Waals surface area contributed by atoms with Crippen LogP contribution in [0.4, 0.5) is 0 Å². The molecule has 0 aromatic carbocycles. The first-order chi connectivity index (χ1) is 8.52. The van der Waals surface area contributed by atoms with Gasteiger partial charge in [-0.1, -0.05) is 34.6 Å². The Morgan fingerprint density at radius 2 is 1.78 bits per heavy atom. The molecule has 0 saturated carbocycles. The fraction of sp³-hybridized carbons (Fsp3) is 1.00. The van der Waals surface area contributed by atoms with Crippen molar-refractivity contribution in [2.75, 3.05) is 32.7 Å². The molecule has 0 aliphatic carbocycles. The molecule has 0 amide bonds. The molecular weight excluding hydrogens is 220 g/mol. The summed E-state index contributed by atoms with van der Waals surface area (Å²) in [5, 5.41) is 0. The Hall–Kier alpha value is -0.0800. The van der Waals surface area contributed by atoms with Gasteiger partial charge in [-0.25, -0.2) is 0 Å². The van der Waals surface area contributed by atoms with Crippen molar-refractivity contribution in [3.63, 3.8) is 0 Å². The van der Waals surface area contributed by atoms with Crippen LogP contribution in [0, 0.1) is 11.8 Å². The third-order valence-electron chi connectivity index (χ3n) is 4.02. The number of hydrogen-bond acceptors (Lipinski definition) is 2. The fourth-order valence-corrected chi connectivity index (χ4v) is 2.98. The molecule has 0 bridgehead atoms. The van der Waals surface area contributed by atoms with Gasteiger partial charge >= 0.3 is 0 Å². The van der Waals surface area contributed by atoms with Crippen LogP contribution >= 0.6 is 0 Å². The standard InChI is InChI=1S/C16H34N2/c1-6-16-13-17(9-7-8-14(2)3)10-11-18(16)12-15(4)5/h14-16H,6-13H2,1-5H3/t16-/m1/s1. The van der Waals surface area contributed by atoms with E-state index in [4.69, 9.17) is 0 Å². The molecule has 0 aromatic rings. The largest absolute Gasteiger partial charge is 0.301 e. The Labute approximate surface area is 115 Å². The molecule has 18 heavy (non-hydrogen) atoms. The van der Waals surface area contributed by atoms with Gasteiger partial charge in [-0.15, -0.1) is 0 Å². The van der Waals surface area contributed by atoms with Crippen LogP contribution in [0.15, 0.2) is 0 Å². The highest BCUT2D eigenvalue weighted by Crippen LogP contribution is 2.16. The van der Waals surface area contributed by atoms with E-state index in [0.717, 1.165) is 17.9 Å². The summed E-state index contributed by atoms with van der Waals surface area (Å²) in [5.41, 5.74) is 0. The van der Waals surface area contributed by atoms with E-state index in [1.54, 1.807) is 0 Å². The van der Waals surface area contributed by atoms with E-state index >= 15 is 0 Å². The molecule has 1 aliphatic heterocycles. The first kappa shape index (κ1) is 16.0. The summed E-state index contributed by atoms with van der Waals surface area (Å²) in [6, 6.07) is 0.792. The van der Waals surface area contributed by atoms with Gasteiger partial charge in [0.2, 0.25) is 0 Å². The molecule has 1 fully saturated rings. The van der Waals surface area contributed by atoms with E-state index in [2.05, 4.69) is 44.4 Å². The van der Waals surface area contributed by atoms with E-state index in [1.165, 1.54) is 52.0 Å². The maximum Gasteiger partial charge on any atom is 0.0221 e. The van der Waals surface area contributed by atoms with E-state index in [9.17, 15) is 0 Å². The second-order valence-corrected chi connectivity index (χ2v) is 6.79. The maximum atomic E-state index is 2.71. The van der Waals surface area contributed by atoms with Gasteiger partial charge in [0, 0.05) is 32.2 Å². The van der Waals surface area contributed by atoms with Crippen molar-refractivity contribution in [1.82, 2.24) is 9.80 Å². The molecule has 1 saturated heterocycles. The molecule has 1 rings (SSSR count). The minimum atomic E-state index is 0.792. The highest BCUT2D eigenvalue weighted by Gasteiger charge is 2.25. The predicted octanol–water partition coefficient (Wildman–Crippen LogP) is 3.47. The quantitative estimate of drug-likeness (QED) is 0.686. The molecule has 0 aromatic heterocycles. The Bertz CT molecular complexity index is 213. The van der Waals surface area contributed by atoms with Crippen LogP contribution < -0.4 is 0 Å². The van der Waals surface area contributed by atoms with Crippen molar-refractivity contribution >= 4 is 0 Å². The maximum absolute atomic E-state index is 2.71. The molecule has 0 N–H and O–H groups in total. The predicted molar refractivity (Wildman–Crippen MR) is 81.0 cm³/mol. The average molecular weight is 254 g/mol. The second-order valence-electron chi connectivity index (χ2n) is 6.79. The third-order valence-corrected chi connectivity index (χ3v) is 4.02. The van der Waals surface area contributed by atoms with Crippen molar-refractivity contribution in [3.8, 4) is 0 Å². The van der Waals surface area contributed by atoms with Crippen LogP contribution in [0.5, 0.6) is 0 Å². The lowest BCUT2D eigenvalue weighted by atomic mass is 10.0. The van der Waals surface area contributed by atoms with E-state index in [-0.39, 0.29) is 0 Å². The molecular formula is C16H34N2. The summed E-state index contributed by atoms with van der Waals surface area (Å²) in [4.78, 5) is 5.40. The van der Waals surface area contributed by atoms with Gasteiger partial charge in [-0.3, -0.25) is 4.90 Å². The zero-order valence-electron chi connectivity index (χ0n) is 13.3. The van der Waals surface area contributed by atoms with Crippen molar-refractivity contribution < 1.29 is 0 Å². The molecule has 0 unspecified atom stereocenters. The molecule has 1 atom stereocenters. The van der Waals surface area contributed by atoms with Gasteiger partial charge in [0.1, 0.15) is 0 Å². The van der Waals surface area contributed by atoms with Gasteiger partial charge in [-0.2, -0.15) is 0 Å². The second kappa shape index (κ2) is 8.16. The van der Waals surface area contributed by atoms with Gasteiger partial charge in [0.15, 0.2) is 0 Å². The van der Waals surface area contributed by atoms with Crippen molar-refractivity contribution in [2.45, 2.75) is 59.9 Å². The lowest BCUT2D eigenvalue weighted by Crippen LogP contribution is -2.53. The Morgan fingerprint density at radius 1 is 1.06 bits per heavy atom. The fourth-order valence-electron chi connectivity index (χ4n) is 2.98. The highest BCUT2D eigenvalue weighted by atomic mass is 15.3. The van der Waals surface area contributed by atoms with Crippen LogP contribution in [-0.4, -0.2) is 48.6 Å². The lowest BCUT2D eigenvalue weighted by molar-refractivity contribution is 0.0620. The number of hydrogen-bond donors (Lipinski definition) is 0. The minimum Gasteiger partial charge on any atom is -0.301 e. The van der Waals surface area contributed by atoms with Gasteiger partial charge in [0.25, 0.3) is 0 Å². The lowest BCUT2D eigenvalue weighted by Gasteiger charge is -2.42. The number of rotatable bonds is 7. The third kappa shape index (κ3) is 5.71. The van der Waals surface area contributed by atoms with E-state index < -0.39 is 0 Å². The normalized spacial score (nSPS) is 23.2. The van der Waals surface area contributed by atoms with Crippen LogP contribution in [0.2, 0.25) is 0 Å². The molecule has 2 heteroatoms. The molecule has 108 valence electrons. The summed E-state index contributed by atoms with van der Waals surface area (Å²) < 4.78 is 0. The zero-order chi connectivity index (χ0) is 13.5. The molecule has 0 radical (unpaired) electrons. The summed E-state index contributed by atoms with van der Waals surface area (Å²) in [6.07, 6.45) is 4.05. The Kier molecular flexibility index (Phi) is 7.25. The zero-order valence-corrected chi connectivity index (χ0v) is 13.3. The summed E-state index contributed by atoms with van der Waals surface area (Å²) in [7, 11) is 0.